The van der Waals surface area contributed by atoms with Crippen molar-refractivity contribution in [3.63, 3.8) is 0 Å². The molecule has 2 heterocycles. The van der Waals surface area contributed by atoms with Crippen LogP contribution in [0.25, 0.3) is 10.9 Å². The molecule has 0 aliphatic carbocycles. The van der Waals surface area contributed by atoms with Crippen molar-refractivity contribution in [2.24, 2.45) is 0 Å². The fourth-order valence-electron chi connectivity index (χ4n) is 3.70. The molecular formula is C28H23N5O. The van der Waals surface area contributed by atoms with Gasteiger partial charge in [-0.25, -0.2) is 0 Å². The number of carbonyl (C=O) groups is 1. The molecule has 0 atom stereocenters. The highest BCUT2D eigenvalue weighted by Gasteiger charge is 2.08. The van der Waals surface area contributed by atoms with Crippen LogP contribution in [0.4, 0.5) is 28.4 Å². The summed E-state index contributed by atoms with van der Waals surface area (Å²) < 4.78 is 0. The van der Waals surface area contributed by atoms with Crippen LogP contribution in [0.3, 0.4) is 0 Å². The molecule has 0 saturated heterocycles. The molecule has 6 nitrogen and oxygen atoms in total. The van der Waals surface area contributed by atoms with Gasteiger partial charge < -0.3 is 16.0 Å². The van der Waals surface area contributed by atoms with E-state index in [1.165, 1.54) is 0 Å². The van der Waals surface area contributed by atoms with Crippen molar-refractivity contribution in [3.05, 3.63) is 115 Å². The first-order valence-corrected chi connectivity index (χ1v) is 10.9. The maximum absolute atomic E-state index is 12.8. The summed E-state index contributed by atoms with van der Waals surface area (Å²) in [6.45, 7) is 2.03. The van der Waals surface area contributed by atoms with E-state index in [-0.39, 0.29) is 5.91 Å². The molecular weight excluding hydrogens is 422 g/mol. The lowest BCUT2D eigenvalue weighted by molar-refractivity contribution is 0.102. The van der Waals surface area contributed by atoms with Crippen molar-refractivity contribution in [2.75, 3.05) is 16.0 Å². The molecule has 0 fully saturated rings. The maximum Gasteiger partial charge on any atom is 0.255 e. The number of aryl methyl sites for hydroxylation is 1. The fraction of sp³-hybridized carbons (Fsp3) is 0.0357. The van der Waals surface area contributed by atoms with E-state index in [0.717, 1.165) is 39.2 Å². The van der Waals surface area contributed by atoms with E-state index < -0.39 is 0 Å². The lowest BCUT2D eigenvalue weighted by atomic mass is 10.1. The van der Waals surface area contributed by atoms with Gasteiger partial charge in [-0.2, -0.15) is 0 Å². The molecule has 0 aliphatic rings. The van der Waals surface area contributed by atoms with Crippen LogP contribution in [0.2, 0.25) is 0 Å². The third kappa shape index (κ3) is 4.86. The van der Waals surface area contributed by atoms with E-state index in [1.807, 2.05) is 92.0 Å². The Morgan fingerprint density at radius 2 is 1.47 bits per heavy atom. The van der Waals surface area contributed by atoms with Gasteiger partial charge in [0, 0.05) is 58.0 Å². The molecule has 0 radical (unpaired) electrons. The molecule has 34 heavy (non-hydrogen) atoms. The Hall–Kier alpha value is -4.71. The summed E-state index contributed by atoms with van der Waals surface area (Å²) in [6.07, 6.45) is 5.32. The number of nitrogens with one attached hydrogen (secondary N) is 3. The van der Waals surface area contributed by atoms with Crippen LogP contribution in [0.15, 0.2) is 104 Å². The Morgan fingerprint density at radius 3 is 2.29 bits per heavy atom. The summed E-state index contributed by atoms with van der Waals surface area (Å²) in [5.41, 5.74) is 7.01. The standard InChI is InChI=1S/C28H23N5O/c1-19-16-25-26(30-18-19)6-3-7-27(25)32-21-10-8-20(9-11-21)28(34)33-24-5-2-4-23(17-24)31-22-12-14-29-15-13-22/h2-18,32H,1H3,(H,29,31)(H,33,34). The molecule has 0 saturated carbocycles. The van der Waals surface area contributed by atoms with Crippen molar-refractivity contribution in [1.29, 1.82) is 0 Å². The molecule has 0 aliphatic heterocycles. The summed E-state index contributed by atoms with van der Waals surface area (Å²) in [4.78, 5) is 21.3. The SMILES string of the molecule is Cc1cnc2cccc(Nc3ccc(C(=O)Nc4cccc(Nc5ccncc5)c4)cc3)c2c1. The van der Waals surface area contributed by atoms with Crippen molar-refractivity contribution in [2.45, 2.75) is 6.92 Å². The maximum atomic E-state index is 12.8. The number of hydrogen-bond donors (Lipinski definition) is 3. The number of carbonyl (C=O) groups excluding carboxylic acids is 1. The first-order valence-electron chi connectivity index (χ1n) is 10.9. The van der Waals surface area contributed by atoms with Gasteiger partial charge in [-0.15, -0.1) is 0 Å². The van der Waals surface area contributed by atoms with E-state index in [4.69, 9.17) is 0 Å². The number of fused-ring (bicyclic) bond motifs is 1. The van der Waals surface area contributed by atoms with E-state index in [0.29, 0.717) is 11.3 Å². The molecule has 0 unspecified atom stereocenters. The first-order chi connectivity index (χ1) is 16.6. The summed E-state index contributed by atoms with van der Waals surface area (Å²) in [6, 6.07) is 26.9. The minimum atomic E-state index is -0.169. The highest BCUT2D eigenvalue weighted by Crippen LogP contribution is 2.26. The third-order valence-electron chi connectivity index (χ3n) is 5.38. The normalized spacial score (nSPS) is 10.6. The van der Waals surface area contributed by atoms with E-state index >= 15 is 0 Å². The number of pyridine rings is 2. The highest BCUT2D eigenvalue weighted by atomic mass is 16.1. The Kier molecular flexibility index (Phi) is 5.86. The smallest absolute Gasteiger partial charge is 0.255 e. The molecule has 2 aromatic heterocycles. The Bertz CT molecular complexity index is 1450. The minimum Gasteiger partial charge on any atom is -0.355 e. The number of aromatic nitrogens is 2. The van der Waals surface area contributed by atoms with Gasteiger partial charge in [0.2, 0.25) is 0 Å². The molecule has 0 spiro atoms. The first kappa shape index (κ1) is 21.2. The number of benzene rings is 3. The topological polar surface area (TPSA) is 78.9 Å². The summed E-state index contributed by atoms with van der Waals surface area (Å²) in [5, 5.41) is 10.8. The van der Waals surface area contributed by atoms with Crippen LogP contribution in [0.5, 0.6) is 0 Å². The van der Waals surface area contributed by atoms with Crippen LogP contribution in [-0.4, -0.2) is 15.9 Å². The molecule has 166 valence electrons. The van der Waals surface area contributed by atoms with Crippen molar-refractivity contribution in [3.8, 4) is 0 Å². The largest absolute Gasteiger partial charge is 0.355 e. The molecule has 5 rings (SSSR count). The van der Waals surface area contributed by atoms with Crippen LogP contribution >= 0.6 is 0 Å². The van der Waals surface area contributed by atoms with Crippen LogP contribution < -0.4 is 16.0 Å². The number of anilines is 5. The average Bonchev–Trinajstić information content (AvgIpc) is 2.86. The van der Waals surface area contributed by atoms with Crippen LogP contribution in [-0.2, 0) is 0 Å². The second kappa shape index (κ2) is 9.42. The molecule has 6 heteroatoms. The predicted molar refractivity (Wildman–Crippen MR) is 138 cm³/mol. The molecule has 0 bridgehead atoms. The third-order valence-corrected chi connectivity index (χ3v) is 5.38. The number of amides is 1. The Morgan fingerprint density at radius 1 is 0.735 bits per heavy atom. The van der Waals surface area contributed by atoms with Crippen LogP contribution in [0, 0.1) is 6.92 Å². The van der Waals surface area contributed by atoms with Gasteiger partial charge in [-0.1, -0.05) is 12.1 Å². The quantitative estimate of drug-likeness (QED) is 0.272. The average molecular weight is 446 g/mol. The second-order valence-electron chi connectivity index (χ2n) is 7.98. The summed E-state index contributed by atoms with van der Waals surface area (Å²) in [7, 11) is 0. The zero-order valence-corrected chi connectivity index (χ0v) is 18.6. The van der Waals surface area contributed by atoms with Crippen molar-refractivity contribution < 1.29 is 4.79 Å². The Labute approximate surface area is 197 Å². The van der Waals surface area contributed by atoms with Crippen LogP contribution in [0.1, 0.15) is 15.9 Å². The van der Waals surface area contributed by atoms with Crippen molar-refractivity contribution >= 4 is 45.2 Å². The lowest BCUT2D eigenvalue weighted by Gasteiger charge is -2.12. The highest BCUT2D eigenvalue weighted by molar-refractivity contribution is 6.04. The number of nitrogens with zero attached hydrogens (tertiary/aromatic N) is 2. The second-order valence-corrected chi connectivity index (χ2v) is 7.98. The van der Waals surface area contributed by atoms with Crippen molar-refractivity contribution in [1.82, 2.24) is 9.97 Å². The molecule has 3 aromatic carbocycles. The monoisotopic (exact) mass is 445 g/mol. The van der Waals surface area contributed by atoms with Gasteiger partial charge in [0.25, 0.3) is 5.91 Å². The van der Waals surface area contributed by atoms with E-state index in [2.05, 4.69) is 32.0 Å². The van der Waals surface area contributed by atoms with Gasteiger partial charge in [0.15, 0.2) is 0 Å². The zero-order valence-electron chi connectivity index (χ0n) is 18.6. The summed E-state index contributed by atoms with van der Waals surface area (Å²) >= 11 is 0. The van der Waals surface area contributed by atoms with Gasteiger partial charge in [-0.05, 0) is 85.3 Å². The Balaban J connectivity index is 1.27. The summed E-state index contributed by atoms with van der Waals surface area (Å²) in [5.74, 6) is -0.169. The van der Waals surface area contributed by atoms with Gasteiger partial charge in [-0.3, -0.25) is 14.8 Å². The fourth-order valence-corrected chi connectivity index (χ4v) is 3.70. The van der Waals surface area contributed by atoms with Gasteiger partial charge >= 0.3 is 0 Å². The zero-order chi connectivity index (χ0) is 23.3. The molecule has 3 N–H and O–H groups in total. The predicted octanol–water partition coefficient (Wildman–Crippen LogP) is 6.68. The molecule has 1 amide bonds. The number of hydrogen-bond acceptors (Lipinski definition) is 5. The number of rotatable bonds is 6. The van der Waals surface area contributed by atoms with E-state index in [9.17, 15) is 4.79 Å². The molecule has 5 aromatic rings. The minimum absolute atomic E-state index is 0.169. The van der Waals surface area contributed by atoms with Gasteiger partial charge in [0.1, 0.15) is 0 Å². The van der Waals surface area contributed by atoms with Gasteiger partial charge in [0.05, 0.1) is 5.52 Å². The lowest BCUT2D eigenvalue weighted by Crippen LogP contribution is -2.11. The van der Waals surface area contributed by atoms with E-state index in [1.54, 1.807) is 12.4 Å².